The van der Waals surface area contributed by atoms with Crippen molar-refractivity contribution in [3.05, 3.63) is 64.6 Å². The third-order valence-electron chi connectivity index (χ3n) is 5.23. The molecule has 0 fully saturated rings. The number of H-pyrrole nitrogens is 1. The van der Waals surface area contributed by atoms with Crippen molar-refractivity contribution in [2.45, 2.75) is 31.9 Å². The summed E-state index contributed by atoms with van der Waals surface area (Å²) in [6.07, 6.45) is 0.587. The van der Waals surface area contributed by atoms with E-state index in [0.29, 0.717) is 0 Å². The summed E-state index contributed by atoms with van der Waals surface area (Å²) in [6.45, 7) is -1.09. The van der Waals surface area contributed by atoms with Gasteiger partial charge < -0.3 is 35.4 Å². The van der Waals surface area contributed by atoms with Crippen LogP contribution in [0.4, 0.5) is 23.7 Å². The lowest BCUT2D eigenvalue weighted by Gasteiger charge is -2.17. The van der Waals surface area contributed by atoms with Gasteiger partial charge in [0.15, 0.2) is 0 Å². The number of allylic oxidation sites excluding steroid dienone is 1. The summed E-state index contributed by atoms with van der Waals surface area (Å²) in [5, 5.41) is 4.81. The molecule has 1 unspecified atom stereocenters. The van der Waals surface area contributed by atoms with E-state index < -0.39 is 48.4 Å². The first kappa shape index (κ1) is 28.7. The van der Waals surface area contributed by atoms with Crippen LogP contribution in [0.5, 0.6) is 5.75 Å². The minimum atomic E-state index is -2.77. The van der Waals surface area contributed by atoms with Gasteiger partial charge in [0.2, 0.25) is 11.8 Å². The number of nitrogens with zero attached hydrogens (tertiary/aromatic N) is 2. The highest BCUT2D eigenvalue weighted by Gasteiger charge is 2.22. The number of hydrogen-bond donors (Lipinski definition) is 4. The molecular weight excluding hydrogens is 525 g/mol. The standard InChI is InChI=1S/C24H25F3N6O6/c1-38-24(37)31-14(5-2-3-7-19(28)34)22(35)30-15-6-4-8-33(23(15)36)11-20-29-16-9-13(25)10-17(21(16)32-20)39-12-18(26)27/h3-4,6-10,14,18H,2,5,11-12H2,1H3,(H2,28,34)(H,29,32)(H,30,35)(H,31,37). The first-order valence-electron chi connectivity index (χ1n) is 11.5. The fourth-order valence-electron chi connectivity index (χ4n) is 3.51. The Morgan fingerprint density at radius 2 is 2.05 bits per heavy atom. The van der Waals surface area contributed by atoms with Crippen molar-refractivity contribution < 1.29 is 37.0 Å². The third kappa shape index (κ3) is 8.08. The van der Waals surface area contributed by atoms with Crippen molar-refractivity contribution in [3.63, 3.8) is 0 Å². The molecule has 39 heavy (non-hydrogen) atoms. The lowest BCUT2D eigenvalue weighted by Crippen LogP contribution is -2.44. The molecule has 2 heterocycles. The number of aromatic amines is 1. The Hall–Kier alpha value is -4.82. The van der Waals surface area contributed by atoms with Crippen molar-refractivity contribution in [1.29, 1.82) is 0 Å². The van der Waals surface area contributed by atoms with E-state index >= 15 is 0 Å². The lowest BCUT2D eigenvalue weighted by molar-refractivity contribution is -0.118. The average Bonchev–Trinajstić information content (AvgIpc) is 3.28. The second kappa shape index (κ2) is 13.1. The Morgan fingerprint density at radius 3 is 2.74 bits per heavy atom. The molecule has 12 nitrogen and oxygen atoms in total. The zero-order valence-electron chi connectivity index (χ0n) is 20.6. The maximum atomic E-state index is 13.9. The number of fused-ring (bicyclic) bond motifs is 1. The number of aromatic nitrogens is 3. The number of benzene rings is 1. The molecule has 1 atom stereocenters. The van der Waals surface area contributed by atoms with Gasteiger partial charge in [-0.3, -0.25) is 14.4 Å². The molecule has 3 amide bonds. The Labute approximate surface area is 219 Å². The number of alkyl halides is 2. The smallest absolute Gasteiger partial charge is 0.407 e. The van der Waals surface area contributed by atoms with Crippen molar-refractivity contribution in [2.75, 3.05) is 19.0 Å². The molecule has 0 bridgehead atoms. The number of nitrogens with two attached hydrogens (primary N) is 1. The molecule has 15 heteroatoms. The second-order valence-electron chi connectivity index (χ2n) is 8.10. The van der Waals surface area contributed by atoms with E-state index in [1.807, 2.05) is 0 Å². The number of pyridine rings is 1. The predicted octanol–water partition coefficient (Wildman–Crippen LogP) is 2.04. The van der Waals surface area contributed by atoms with Gasteiger partial charge in [-0.1, -0.05) is 6.08 Å². The topological polar surface area (TPSA) is 170 Å². The quantitative estimate of drug-likeness (QED) is 0.250. The fourth-order valence-corrected chi connectivity index (χ4v) is 3.51. The molecule has 0 spiro atoms. The molecular formula is C24H25F3N6O6. The number of primary amides is 1. The highest BCUT2D eigenvalue weighted by atomic mass is 19.3. The molecule has 3 aromatic rings. The Bertz CT molecular complexity index is 1440. The number of rotatable bonds is 12. The zero-order valence-corrected chi connectivity index (χ0v) is 20.6. The number of nitrogens with one attached hydrogen (secondary N) is 3. The van der Waals surface area contributed by atoms with Crippen LogP contribution >= 0.6 is 0 Å². The molecule has 0 saturated heterocycles. The number of halogens is 3. The number of amides is 3. The number of anilines is 1. The van der Waals surface area contributed by atoms with Crippen molar-refractivity contribution in [2.24, 2.45) is 5.73 Å². The summed E-state index contributed by atoms with van der Waals surface area (Å²) >= 11 is 0. The first-order valence-corrected chi connectivity index (χ1v) is 11.5. The van der Waals surface area contributed by atoms with Gasteiger partial charge in [0.05, 0.1) is 19.2 Å². The maximum absolute atomic E-state index is 13.9. The van der Waals surface area contributed by atoms with Crippen molar-refractivity contribution >= 4 is 34.6 Å². The number of carbonyl (C=O) groups is 3. The Kier molecular flexibility index (Phi) is 9.67. The zero-order chi connectivity index (χ0) is 28.5. The predicted molar refractivity (Wildman–Crippen MR) is 133 cm³/mol. The van der Waals surface area contributed by atoms with E-state index in [1.54, 1.807) is 0 Å². The van der Waals surface area contributed by atoms with E-state index in [1.165, 1.54) is 29.0 Å². The van der Waals surface area contributed by atoms with E-state index in [4.69, 9.17) is 10.5 Å². The number of hydrogen-bond acceptors (Lipinski definition) is 7. The molecule has 0 saturated carbocycles. The minimum Gasteiger partial charge on any atom is -0.485 e. The highest BCUT2D eigenvalue weighted by Crippen LogP contribution is 2.26. The van der Waals surface area contributed by atoms with Gasteiger partial charge in [0.25, 0.3) is 12.0 Å². The molecule has 0 radical (unpaired) electrons. The number of imidazole rings is 1. The van der Waals surface area contributed by atoms with E-state index in [0.717, 1.165) is 25.3 Å². The van der Waals surface area contributed by atoms with Gasteiger partial charge in [-0.25, -0.2) is 22.9 Å². The van der Waals surface area contributed by atoms with Crippen LogP contribution in [-0.2, 0) is 20.9 Å². The average molecular weight is 550 g/mol. The van der Waals surface area contributed by atoms with Crippen LogP contribution in [0.3, 0.4) is 0 Å². The summed E-state index contributed by atoms with van der Waals surface area (Å²) in [4.78, 5) is 55.5. The summed E-state index contributed by atoms with van der Waals surface area (Å²) in [6, 6.07) is 3.76. The summed E-state index contributed by atoms with van der Waals surface area (Å²) in [5.41, 5.74) is 4.57. The monoisotopic (exact) mass is 550 g/mol. The lowest BCUT2D eigenvalue weighted by atomic mass is 10.1. The first-order chi connectivity index (χ1) is 18.6. The molecule has 2 aromatic heterocycles. The van der Waals surface area contributed by atoms with Gasteiger partial charge in [0.1, 0.15) is 41.2 Å². The molecule has 0 aliphatic carbocycles. The molecule has 1 aromatic carbocycles. The Morgan fingerprint density at radius 1 is 1.28 bits per heavy atom. The number of carbonyl (C=O) groups excluding carboxylic acids is 3. The molecule has 208 valence electrons. The van der Waals surface area contributed by atoms with Crippen LogP contribution in [0.25, 0.3) is 11.0 Å². The normalized spacial score (nSPS) is 12.0. The number of methoxy groups -OCH3 is 1. The van der Waals surface area contributed by atoms with Gasteiger partial charge in [0, 0.05) is 12.3 Å². The van der Waals surface area contributed by atoms with Crippen LogP contribution in [-0.4, -0.2) is 58.6 Å². The Balaban J connectivity index is 1.79. The van der Waals surface area contributed by atoms with Crippen molar-refractivity contribution in [3.8, 4) is 5.75 Å². The van der Waals surface area contributed by atoms with Crippen molar-refractivity contribution in [1.82, 2.24) is 19.9 Å². The molecule has 5 N–H and O–H groups in total. The van der Waals surface area contributed by atoms with Crippen LogP contribution < -0.4 is 26.7 Å². The van der Waals surface area contributed by atoms with Gasteiger partial charge in [-0.05, 0) is 37.1 Å². The number of ether oxygens (including phenoxy) is 2. The SMILES string of the molecule is COC(=O)NC(CCC=CC(N)=O)C(=O)Nc1cccn(Cc2nc3c(OCC(F)F)cc(F)cc3[nH]2)c1=O. The second-order valence-corrected chi connectivity index (χ2v) is 8.10. The maximum Gasteiger partial charge on any atom is 0.407 e. The van der Waals surface area contributed by atoms with E-state index in [-0.39, 0.29) is 47.7 Å². The third-order valence-corrected chi connectivity index (χ3v) is 5.23. The van der Waals surface area contributed by atoms with Gasteiger partial charge >= 0.3 is 6.09 Å². The molecule has 3 rings (SSSR count). The molecule has 0 aliphatic rings. The van der Waals surface area contributed by atoms with Crippen LogP contribution in [0.15, 0.2) is 47.4 Å². The van der Waals surface area contributed by atoms with Gasteiger partial charge in [-0.2, -0.15) is 0 Å². The van der Waals surface area contributed by atoms with E-state index in [9.17, 15) is 32.3 Å². The fraction of sp³-hybridized carbons (Fsp3) is 0.292. The number of alkyl carbamates (subject to hydrolysis) is 1. The summed E-state index contributed by atoms with van der Waals surface area (Å²) < 4.78 is 49.7. The molecule has 0 aliphatic heterocycles. The minimum absolute atomic E-state index is 0.0667. The van der Waals surface area contributed by atoms with Crippen LogP contribution in [0.2, 0.25) is 0 Å². The van der Waals surface area contributed by atoms with E-state index in [2.05, 4.69) is 25.3 Å². The highest BCUT2D eigenvalue weighted by molar-refractivity contribution is 5.96. The van der Waals surface area contributed by atoms with Crippen LogP contribution in [0, 0.1) is 5.82 Å². The van der Waals surface area contributed by atoms with Crippen LogP contribution in [0.1, 0.15) is 18.7 Å². The summed E-state index contributed by atoms with van der Waals surface area (Å²) in [7, 11) is 1.12. The summed E-state index contributed by atoms with van der Waals surface area (Å²) in [5.74, 6) is -2.12. The van der Waals surface area contributed by atoms with Gasteiger partial charge in [-0.15, -0.1) is 0 Å². The largest absolute Gasteiger partial charge is 0.485 e.